The van der Waals surface area contributed by atoms with E-state index in [-0.39, 0.29) is 5.56 Å². The molecule has 0 saturated carbocycles. The van der Waals surface area contributed by atoms with E-state index >= 15 is 0 Å². The van der Waals surface area contributed by atoms with Crippen LogP contribution in [0.4, 0.5) is 0 Å². The molecule has 0 spiro atoms. The van der Waals surface area contributed by atoms with Gasteiger partial charge in [0.2, 0.25) is 0 Å². The number of hydrogen-bond acceptors (Lipinski definition) is 5. The van der Waals surface area contributed by atoms with Crippen molar-refractivity contribution >= 4 is 27.6 Å². The van der Waals surface area contributed by atoms with E-state index in [2.05, 4.69) is 51.2 Å². The lowest BCUT2D eigenvalue weighted by Crippen LogP contribution is -2.46. The molecule has 1 aliphatic heterocycles. The van der Waals surface area contributed by atoms with Crippen LogP contribution in [0.2, 0.25) is 0 Å². The Balaban J connectivity index is 1.18. The Morgan fingerprint density at radius 1 is 1.07 bits per heavy atom. The van der Waals surface area contributed by atoms with Gasteiger partial charge in [0.25, 0.3) is 5.56 Å². The predicted molar refractivity (Wildman–Crippen MR) is 119 cm³/mol. The Kier molecular flexibility index (Phi) is 5.31. The molecule has 5 nitrogen and oxygen atoms in total. The van der Waals surface area contributed by atoms with E-state index in [4.69, 9.17) is 4.98 Å². The van der Waals surface area contributed by atoms with Crippen molar-refractivity contribution in [2.75, 3.05) is 32.7 Å². The Morgan fingerprint density at radius 3 is 2.69 bits per heavy atom. The number of aromatic amines is 1. The summed E-state index contributed by atoms with van der Waals surface area (Å²) < 4.78 is 0. The number of aromatic nitrogens is 2. The smallest absolute Gasteiger partial charge is 0.259 e. The summed E-state index contributed by atoms with van der Waals surface area (Å²) in [5.41, 5.74) is 2.55. The molecule has 3 aromatic rings. The highest BCUT2D eigenvalue weighted by atomic mass is 32.1. The molecule has 1 fully saturated rings. The molecule has 1 aromatic carbocycles. The van der Waals surface area contributed by atoms with Crippen molar-refractivity contribution in [2.24, 2.45) is 0 Å². The third-order valence-corrected chi connectivity index (χ3v) is 7.12. The molecule has 3 heterocycles. The van der Waals surface area contributed by atoms with Crippen LogP contribution in [0.5, 0.6) is 0 Å². The number of benzene rings is 1. The summed E-state index contributed by atoms with van der Waals surface area (Å²) in [4.78, 5) is 27.6. The summed E-state index contributed by atoms with van der Waals surface area (Å²) in [5, 5.41) is 0.848. The minimum absolute atomic E-state index is 0.0501. The van der Waals surface area contributed by atoms with Gasteiger partial charge in [0.1, 0.15) is 10.7 Å². The topological polar surface area (TPSA) is 52.2 Å². The lowest BCUT2D eigenvalue weighted by molar-refractivity contribution is 0.134. The number of aryl methyl sites for hydroxylation is 2. The van der Waals surface area contributed by atoms with Crippen molar-refractivity contribution in [3.63, 3.8) is 0 Å². The standard InChI is InChI=1S/C23H26N4OS/c28-22-21-18-9-4-10-19(18)29-23(21)25-20(24-22)16-27-14-12-26(13-15-27)11-5-8-17-6-2-1-3-7-17/h1-3,5-8H,4,9-16H2,(H,24,25,28). The monoisotopic (exact) mass is 406 g/mol. The SMILES string of the molecule is O=c1[nH]c(CN2CCN(CC=Cc3ccccc3)CC2)nc2sc3c(c12)CCC3. The minimum Gasteiger partial charge on any atom is -0.309 e. The normalized spacial score (nSPS) is 18.1. The molecule has 0 atom stereocenters. The fourth-order valence-electron chi connectivity index (χ4n) is 4.37. The van der Waals surface area contributed by atoms with Crippen LogP contribution < -0.4 is 5.56 Å². The number of thiophene rings is 1. The van der Waals surface area contributed by atoms with Crippen LogP contribution in [0.25, 0.3) is 16.3 Å². The van der Waals surface area contributed by atoms with Crippen LogP contribution in [0.1, 0.15) is 28.2 Å². The first-order valence-electron chi connectivity index (χ1n) is 10.5. The first-order valence-corrected chi connectivity index (χ1v) is 11.3. The van der Waals surface area contributed by atoms with Crippen LogP contribution in [0.15, 0.2) is 41.2 Å². The highest BCUT2D eigenvalue weighted by Gasteiger charge is 2.22. The summed E-state index contributed by atoms with van der Waals surface area (Å²) in [6.07, 6.45) is 7.73. The van der Waals surface area contributed by atoms with Crippen molar-refractivity contribution in [3.8, 4) is 0 Å². The van der Waals surface area contributed by atoms with Crippen molar-refractivity contribution in [1.82, 2.24) is 19.8 Å². The maximum atomic E-state index is 12.6. The van der Waals surface area contributed by atoms with Gasteiger partial charge in [-0.1, -0.05) is 42.5 Å². The summed E-state index contributed by atoms with van der Waals surface area (Å²) in [6, 6.07) is 10.4. The third kappa shape index (κ3) is 4.06. The average molecular weight is 407 g/mol. The number of H-pyrrole nitrogens is 1. The molecule has 0 radical (unpaired) electrons. The zero-order valence-corrected chi connectivity index (χ0v) is 17.4. The molecule has 2 aromatic heterocycles. The Hall–Kier alpha value is -2.28. The molecule has 1 aliphatic carbocycles. The summed E-state index contributed by atoms with van der Waals surface area (Å²) >= 11 is 1.72. The predicted octanol–water partition coefficient (Wildman–Crippen LogP) is 3.30. The fraction of sp³-hybridized carbons (Fsp3) is 0.391. The van der Waals surface area contributed by atoms with Crippen LogP contribution >= 0.6 is 11.3 Å². The number of rotatable bonds is 5. The molecule has 5 rings (SSSR count). The van der Waals surface area contributed by atoms with Gasteiger partial charge in [-0.25, -0.2) is 4.98 Å². The van der Waals surface area contributed by atoms with E-state index in [1.165, 1.54) is 22.4 Å². The molecule has 1 N–H and O–H groups in total. The summed E-state index contributed by atoms with van der Waals surface area (Å²) in [5.74, 6) is 0.805. The first-order chi connectivity index (χ1) is 14.3. The maximum Gasteiger partial charge on any atom is 0.259 e. The lowest BCUT2D eigenvalue weighted by Gasteiger charge is -2.33. The van der Waals surface area contributed by atoms with Gasteiger partial charge < -0.3 is 4.98 Å². The first kappa shape index (κ1) is 18.7. The minimum atomic E-state index is 0.0501. The van der Waals surface area contributed by atoms with Gasteiger partial charge in [0, 0.05) is 37.6 Å². The Morgan fingerprint density at radius 2 is 1.86 bits per heavy atom. The molecular weight excluding hydrogens is 380 g/mol. The molecule has 29 heavy (non-hydrogen) atoms. The molecule has 1 saturated heterocycles. The average Bonchev–Trinajstić information content (AvgIpc) is 3.31. The van der Waals surface area contributed by atoms with Crippen LogP contribution in [0, 0.1) is 0 Å². The van der Waals surface area contributed by atoms with Gasteiger partial charge in [-0.3, -0.25) is 14.6 Å². The van der Waals surface area contributed by atoms with E-state index in [1.54, 1.807) is 11.3 Å². The largest absolute Gasteiger partial charge is 0.309 e. The number of fused-ring (bicyclic) bond motifs is 3. The zero-order chi connectivity index (χ0) is 19.6. The van der Waals surface area contributed by atoms with Crippen molar-refractivity contribution in [1.29, 1.82) is 0 Å². The molecule has 150 valence electrons. The molecule has 2 aliphatic rings. The lowest BCUT2D eigenvalue weighted by atomic mass is 10.2. The third-order valence-electron chi connectivity index (χ3n) is 5.94. The molecule has 6 heteroatoms. The zero-order valence-electron chi connectivity index (χ0n) is 16.6. The van der Waals surface area contributed by atoms with Gasteiger partial charge in [0.05, 0.1) is 11.9 Å². The second-order valence-corrected chi connectivity index (χ2v) is 9.02. The molecule has 0 unspecified atom stereocenters. The van der Waals surface area contributed by atoms with Crippen LogP contribution in [-0.2, 0) is 19.4 Å². The fourth-order valence-corrected chi connectivity index (χ4v) is 5.65. The maximum absolute atomic E-state index is 12.6. The molecule has 0 bridgehead atoms. The second kappa shape index (κ2) is 8.22. The van der Waals surface area contributed by atoms with Crippen LogP contribution in [-0.4, -0.2) is 52.5 Å². The van der Waals surface area contributed by atoms with Gasteiger partial charge in [-0.2, -0.15) is 0 Å². The quantitative estimate of drug-likeness (QED) is 0.706. The summed E-state index contributed by atoms with van der Waals surface area (Å²) in [6.45, 7) is 5.79. The summed E-state index contributed by atoms with van der Waals surface area (Å²) in [7, 11) is 0. The van der Waals surface area contributed by atoms with Gasteiger partial charge in [-0.05, 0) is 30.4 Å². The van der Waals surface area contributed by atoms with Crippen molar-refractivity contribution in [3.05, 3.63) is 68.6 Å². The van der Waals surface area contributed by atoms with Gasteiger partial charge in [-0.15, -0.1) is 11.3 Å². The number of nitrogens with one attached hydrogen (secondary N) is 1. The van der Waals surface area contributed by atoms with Gasteiger partial charge in [0.15, 0.2) is 0 Å². The number of hydrogen-bond donors (Lipinski definition) is 1. The van der Waals surface area contributed by atoms with Crippen molar-refractivity contribution < 1.29 is 0 Å². The number of piperazine rings is 1. The number of nitrogens with zero attached hydrogens (tertiary/aromatic N) is 3. The highest BCUT2D eigenvalue weighted by Crippen LogP contribution is 2.34. The molecule has 0 amide bonds. The molecular formula is C23H26N4OS. The van der Waals surface area contributed by atoms with E-state index < -0.39 is 0 Å². The van der Waals surface area contributed by atoms with Crippen molar-refractivity contribution in [2.45, 2.75) is 25.8 Å². The Labute approximate surface area is 174 Å². The highest BCUT2D eigenvalue weighted by molar-refractivity contribution is 7.18. The second-order valence-electron chi connectivity index (χ2n) is 7.94. The Bertz CT molecular complexity index is 1080. The van der Waals surface area contributed by atoms with E-state index in [0.29, 0.717) is 0 Å². The van der Waals surface area contributed by atoms with E-state index in [0.717, 1.165) is 68.2 Å². The van der Waals surface area contributed by atoms with E-state index in [9.17, 15) is 4.79 Å². The van der Waals surface area contributed by atoms with Crippen LogP contribution in [0.3, 0.4) is 0 Å². The van der Waals surface area contributed by atoms with Gasteiger partial charge >= 0.3 is 0 Å². The van der Waals surface area contributed by atoms with E-state index in [1.807, 2.05) is 6.07 Å².